The number of halogens is 2. The third kappa shape index (κ3) is 5.77. The Bertz CT molecular complexity index is 1380. The molecular weight excluding hydrogens is 489 g/mol. The van der Waals surface area contributed by atoms with E-state index in [2.05, 4.69) is 25.5 Å². The molecule has 0 aliphatic carbocycles. The molecule has 0 radical (unpaired) electrons. The summed E-state index contributed by atoms with van der Waals surface area (Å²) in [6.07, 6.45) is 2.75. The summed E-state index contributed by atoms with van der Waals surface area (Å²) < 4.78 is 7.63. The zero-order chi connectivity index (χ0) is 25.0. The van der Waals surface area contributed by atoms with E-state index >= 15 is 0 Å². The third-order valence-electron chi connectivity index (χ3n) is 4.24. The van der Waals surface area contributed by atoms with Crippen LogP contribution in [0.25, 0.3) is 11.3 Å². The van der Waals surface area contributed by atoms with Crippen molar-refractivity contribution in [3.8, 4) is 0 Å². The molecule has 4 aromatic heterocycles. The summed E-state index contributed by atoms with van der Waals surface area (Å²) in [5, 5.41) is 19.6. The maximum Gasteiger partial charge on any atom is 0.356 e. The Kier molecular flexibility index (Phi) is 7.32. The Morgan fingerprint density at radius 3 is 1.97 bits per heavy atom. The molecule has 0 unspecified atom stereocenters. The van der Waals surface area contributed by atoms with Gasteiger partial charge in [-0.1, -0.05) is 23.2 Å². The number of carbonyl (C=O) groups is 3. The lowest BCUT2D eigenvalue weighted by atomic mass is 10.1. The number of amides is 1. The summed E-state index contributed by atoms with van der Waals surface area (Å²) in [6.45, 7) is 5.07. The highest BCUT2D eigenvalue weighted by Gasteiger charge is 2.32. The largest absolute Gasteiger partial charge is 0.476 e. The Hall–Kier alpha value is -3.77. The number of ether oxygens (including phenoxy) is 1. The topological polar surface area (TPSA) is 153 Å². The van der Waals surface area contributed by atoms with Crippen LogP contribution in [0.4, 0.5) is 0 Å². The van der Waals surface area contributed by atoms with E-state index in [0.717, 1.165) is 0 Å². The summed E-state index contributed by atoms with van der Waals surface area (Å²) >= 11 is 11.4. The minimum absolute atomic E-state index is 0.0465. The van der Waals surface area contributed by atoms with E-state index in [1.807, 2.05) is 0 Å². The van der Waals surface area contributed by atoms with Gasteiger partial charge in [-0.15, -0.1) is 0 Å². The van der Waals surface area contributed by atoms with Gasteiger partial charge < -0.3 is 15.2 Å². The van der Waals surface area contributed by atoms with Gasteiger partial charge in [-0.3, -0.25) is 4.79 Å². The number of hydrogen-bond donors (Lipinski definition) is 2. The molecule has 12 nitrogen and oxygen atoms in total. The van der Waals surface area contributed by atoms with Crippen molar-refractivity contribution < 1.29 is 24.2 Å². The van der Waals surface area contributed by atoms with Crippen LogP contribution >= 0.6 is 23.2 Å². The fourth-order valence-electron chi connectivity index (χ4n) is 2.64. The van der Waals surface area contributed by atoms with Crippen molar-refractivity contribution in [2.24, 2.45) is 0 Å². The molecule has 0 saturated carbocycles. The fraction of sp³-hybridized carbons (Fsp3) is 0.250. The Labute approximate surface area is 202 Å². The number of imidazole rings is 2. The van der Waals surface area contributed by atoms with Crippen molar-refractivity contribution in [2.75, 3.05) is 6.61 Å². The van der Waals surface area contributed by atoms with E-state index < -0.39 is 23.4 Å². The zero-order valence-corrected chi connectivity index (χ0v) is 19.7. The van der Waals surface area contributed by atoms with Gasteiger partial charge in [0, 0.05) is 0 Å². The molecule has 14 heteroatoms. The molecule has 1 amide bonds. The van der Waals surface area contributed by atoms with Gasteiger partial charge in [-0.05, 0) is 45.0 Å². The number of rotatable bonds is 5. The van der Waals surface area contributed by atoms with E-state index in [-0.39, 0.29) is 18.0 Å². The number of nitrogens with zero attached hydrogens (tertiary/aromatic N) is 6. The van der Waals surface area contributed by atoms with Crippen molar-refractivity contribution in [3.63, 3.8) is 0 Å². The molecule has 2 N–H and O–H groups in total. The first-order chi connectivity index (χ1) is 16.0. The predicted molar refractivity (Wildman–Crippen MR) is 121 cm³/mol. The lowest BCUT2D eigenvalue weighted by Crippen LogP contribution is -2.50. The van der Waals surface area contributed by atoms with Crippen LogP contribution in [-0.2, 0) is 9.53 Å². The molecule has 0 saturated heterocycles. The highest BCUT2D eigenvalue weighted by molar-refractivity contribution is 6.29. The molecule has 34 heavy (non-hydrogen) atoms. The minimum Gasteiger partial charge on any atom is -0.476 e. The van der Waals surface area contributed by atoms with Crippen molar-refractivity contribution in [1.82, 2.24) is 34.5 Å². The molecule has 4 heterocycles. The van der Waals surface area contributed by atoms with Gasteiger partial charge in [0.25, 0.3) is 5.91 Å². The maximum absolute atomic E-state index is 12.2. The molecule has 0 bridgehead atoms. The van der Waals surface area contributed by atoms with E-state index in [1.165, 1.54) is 21.4 Å². The second-order valence-corrected chi connectivity index (χ2v) is 8.05. The first kappa shape index (κ1) is 24.9. The fourth-order valence-corrected chi connectivity index (χ4v) is 2.93. The van der Waals surface area contributed by atoms with Gasteiger partial charge in [0.2, 0.25) is 0 Å². The molecular formula is C20H19Cl2N7O5. The van der Waals surface area contributed by atoms with Crippen LogP contribution in [0.15, 0.2) is 36.7 Å². The number of esters is 1. The monoisotopic (exact) mass is 507 g/mol. The normalized spacial score (nSPS) is 11.1. The number of nitrogens with one attached hydrogen (secondary N) is 1. The van der Waals surface area contributed by atoms with Crippen molar-refractivity contribution in [1.29, 1.82) is 0 Å². The number of aromatic nitrogens is 6. The average molecular weight is 508 g/mol. The zero-order valence-electron chi connectivity index (χ0n) is 18.2. The predicted octanol–water partition coefficient (Wildman–Crippen LogP) is 2.54. The van der Waals surface area contributed by atoms with Crippen LogP contribution in [0.1, 0.15) is 41.7 Å². The number of carbonyl (C=O) groups excluding carboxylic acids is 2. The molecule has 0 aliphatic rings. The first-order valence-corrected chi connectivity index (χ1v) is 10.5. The van der Waals surface area contributed by atoms with Crippen LogP contribution in [0.5, 0.6) is 0 Å². The van der Waals surface area contributed by atoms with E-state index in [9.17, 15) is 14.4 Å². The molecule has 4 rings (SSSR count). The van der Waals surface area contributed by atoms with E-state index in [4.69, 9.17) is 33.0 Å². The van der Waals surface area contributed by atoms with Gasteiger partial charge in [0.1, 0.15) is 21.5 Å². The first-order valence-electron chi connectivity index (χ1n) is 9.77. The Balaban J connectivity index is 0.000000212. The van der Waals surface area contributed by atoms with Crippen LogP contribution in [0, 0.1) is 0 Å². The van der Waals surface area contributed by atoms with E-state index in [0.29, 0.717) is 21.6 Å². The second kappa shape index (κ2) is 10.0. The number of carboxylic acid groups (broad SMARTS) is 1. The lowest BCUT2D eigenvalue weighted by molar-refractivity contribution is -0.149. The number of aromatic carboxylic acids is 1. The second-order valence-electron chi connectivity index (χ2n) is 7.27. The van der Waals surface area contributed by atoms with Crippen LogP contribution in [0.2, 0.25) is 10.3 Å². The number of carboxylic acids is 1. The minimum atomic E-state index is -1.14. The highest BCUT2D eigenvalue weighted by Crippen LogP contribution is 2.11. The maximum atomic E-state index is 12.2. The summed E-state index contributed by atoms with van der Waals surface area (Å²) in [7, 11) is 0. The Morgan fingerprint density at radius 2 is 1.47 bits per heavy atom. The van der Waals surface area contributed by atoms with Crippen molar-refractivity contribution in [3.05, 3.63) is 58.4 Å². The summed E-state index contributed by atoms with van der Waals surface area (Å²) in [5.74, 6) is -2.08. The average Bonchev–Trinajstić information content (AvgIpc) is 3.37. The molecule has 178 valence electrons. The number of hydrogen-bond acceptors (Lipinski definition) is 8. The van der Waals surface area contributed by atoms with Gasteiger partial charge >= 0.3 is 11.9 Å². The number of fused-ring (bicyclic) bond motifs is 2. The van der Waals surface area contributed by atoms with Crippen LogP contribution < -0.4 is 5.32 Å². The standard InChI is InChI=1S/C13H15ClN4O3.C7H4ClN3O2/c1-4-21-12(20)13(2,3)16-11(19)8-7-18-10(15-8)6-5-9(14)17-18;8-5-1-2-6-9-4(7(12)13)3-11(6)10-5/h5-7H,4H2,1-3H3,(H,16,19);1-3H,(H,12,13). The van der Waals surface area contributed by atoms with Crippen LogP contribution in [0.3, 0.4) is 0 Å². The van der Waals surface area contributed by atoms with Gasteiger partial charge in [0.05, 0.1) is 19.0 Å². The molecule has 0 fully saturated rings. The molecule has 0 spiro atoms. The highest BCUT2D eigenvalue weighted by atomic mass is 35.5. The lowest BCUT2D eigenvalue weighted by Gasteiger charge is -2.23. The summed E-state index contributed by atoms with van der Waals surface area (Å²) in [5.41, 5.74) is -0.106. The van der Waals surface area contributed by atoms with E-state index in [1.54, 1.807) is 45.0 Å². The molecule has 0 atom stereocenters. The third-order valence-corrected chi connectivity index (χ3v) is 4.64. The van der Waals surface area contributed by atoms with Gasteiger partial charge in [-0.25, -0.2) is 28.6 Å². The smallest absolute Gasteiger partial charge is 0.356 e. The molecule has 0 aliphatic heterocycles. The van der Waals surface area contributed by atoms with Crippen molar-refractivity contribution >= 4 is 52.3 Å². The summed E-state index contributed by atoms with van der Waals surface area (Å²) in [6, 6.07) is 6.37. The van der Waals surface area contributed by atoms with Gasteiger partial charge in [-0.2, -0.15) is 10.2 Å². The molecule has 0 aromatic carbocycles. The van der Waals surface area contributed by atoms with Gasteiger partial charge in [0.15, 0.2) is 17.0 Å². The molecule has 4 aromatic rings. The van der Waals surface area contributed by atoms with Crippen molar-refractivity contribution in [2.45, 2.75) is 26.3 Å². The Morgan fingerprint density at radius 1 is 0.971 bits per heavy atom. The summed E-state index contributed by atoms with van der Waals surface area (Å²) in [4.78, 5) is 42.4. The van der Waals surface area contributed by atoms with Crippen LogP contribution in [-0.4, -0.2) is 64.3 Å². The SMILES string of the molecule is CCOC(=O)C(C)(C)NC(=O)c1cn2nc(Cl)ccc2n1.O=C(O)c1cn2nc(Cl)ccc2n1. The quantitative estimate of drug-likeness (QED) is 0.387.